The van der Waals surface area contributed by atoms with Gasteiger partial charge in [0.1, 0.15) is 0 Å². The highest BCUT2D eigenvalue weighted by atomic mass is 16.5. The molecule has 1 atom stereocenters. The zero-order valence-corrected chi connectivity index (χ0v) is 11.0. The van der Waals surface area contributed by atoms with Crippen molar-refractivity contribution >= 4 is 0 Å². The predicted molar refractivity (Wildman–Crippen MR) is 66.5 cm³/mol. The molecular weight excluding hydrogens is 202 g/mol. The van der Waals surface area contributed by atoms with Gasteiger partial charge in [-0.3, -0.25) is 0 Å². The normalized spacial score (nSPS) is 22.3. The van der Waals surface area contributed by atoms with Crippen LogP contribution in [0.4, 0.5) is 0 Å². The van der Waals surface area contributed by atoms with Gasteiger partial charge in [0.2, 0.25) is 0 Å². The van der Waals surface area contributed by atoms with E-state index in [1.54, 1.807) is 7.11 Å². The molecule has 3 nitrogen and oxygen atoms in total. The van der Waals surface area contributed by atoms with Crippen LogP contribution in [0.2, 0.25) is 0 Å². The van der Waals surface area contributed by atoms with Crippen LogP contribution in [-0.4, -0.2) is 37.0 Å². The Morgan fingerprint density at radius 2 is 1.88 bits per heavy atom. The SMILES string of the molecule is COCC(NCC1(O)CCCCC1)C(C)C. The molecule has 0 radical (unpaired) electrons. The fourth-order valence-corrected chi connectivity index (χ4v) is 2.37. The van der Waals surface area contributed by atoms with Gasteiger partial charge in [0.05, 0.1) is 12.2 Å². The first-order chi connectivity index (χ1) is 7.57. The van der Waals surface area contributed by atoms with Gasteiger partial charge in [-0.1, -0.05) is 33.1 Å². The van der Waals surface area contributed by atoms with Crippen LogP contribution in [0.3, 0.4) is 0 Å². The summed E-state index contributed by atoms with van der Waals surface area (Å²) < 4.78 is 5.19. The minimum absolute atomic E-state index is 0.343. The summed E-state index contributed by atoms with van der Waals surface area (Å²) in [6.45, 7) is 5.79. The summed E-state index contributed by atoms with van der Waals surface area (Å²) in [6, 6.07) is 0.343. The van der Waals surface area contributed by atoms with Crippen molar-refractivity contribution in [2.24, 2.45) is 5.92 Å². The van der Waals surface area contributed by atoms with Gasteiger partial charge in [0.25, 0.3) is 0 Å². The van der Waals surface area contributed by atoms with E-state index >= 15 is 0 Å². The number of ether oxygens (including phenoxy) is 1. The van der Waals surface area contributed by atoms with Crippen molar-refractivity contribution in [1.82, 2.24) is 5.32 Å². The van der Waals surface area contributed by atoms with E-state index in [2.05, 4.69) is 19.2 Å². The third-order valence-corrected chi connectivity index (χ3v) is 3.63. The molecule has 1 fully saturated rings. The topological polar surface area (TPSA) is 41.5 Å². The lowest BCUT2D eigenvalue weighted by atomic mass is 9.84. The first-order valence-electron chi connectivity index (χ1n) is 6.52. The van der Waals surface area contributed by atoms with E-state index in [1.807, 2.05) is 0 Å². The van der Waals surface area contributed by atoms with Crippen LogP contribution in [-0.2, 0) is 4.74 Å². The van der Waals surface area contributed by atoms with Crippen LogP contribution in [0.1, 0.15) is 46.0 Å². The molecule has 16 heavy (non-hydrogen) atoms. The van der Waals surface area contributed by atoms with Crippen LogP contribution in [0, 0.1) is 5.92 Å². The van der Waals surface area contributed by atoms with Gasteiger partial charge >= 0.3 is 0 Å². The second-order valence-electron chi connectivity index (χ2n) is 5.47. The Morgan fingerprint density at radius 1 is 1.25 bits per heavy atom. The largest absolute Gasteiger partial charge is 0.389 e. The summed E-state index contributed by atoms with van der Waals surface area (Å²) in [7, 11) is 1.73. The van der Waals surface area contributed by atoms with Crippen molar-refractivity contribution in [3.63, 3.8) is 0 Å². The van der Waals surface area contributed by atoms with E-state index in [9.17, 15) is 5.11 Å². The maximum atomic E-state index is 10.4. The molecule has 1 rings (SSSR count). The lowest BCUT2D eigenvalue weighted by molar-refractivity contribution is -0.00162. The molecule has 1 saturated carbocycles. The molecule has 1 aliphatic rings. The molecule has 0 heterocycles. The van der Waals surface area contributed by atoms with Crippen LogP contribution in [0.25, 0.3) is 0 Å². The van der Waals surface area contributed by atoms with Gasteiger partial charge in [-0.2, -0.15) is 0 Å². The summed E-state index contributed by atoms with van der Waals surface area (Å²) in [6.07, 6.45) is 5.48. The average Bonchev–Trinajstić information content (AvgIpc) is 2.25. The highest BCUT2D eigenvalue weighted by molar-refractivity contribution is 4.86. The van der Waals surface area contributed by atoms with Gasteiger partial charge in [-0.15, -0.1) is 0 Å². The predicted octanol–water partition coefficient (Wildman–Crippen LogP) is 1.94. The molecule has 0 amide bonds. The molecular formula is C13H27NO2. The molecule has 0 aromatic carbocycles. The van der Waals surface area contributed by atoms with Crippen LogP contribution in [0.5, 0.6) is 0 Å². The van der Waals surface area contributed by atoms with Gasteiger partial charge in [0.15, 0.2) is 0 Å². The zero-order valence-electron chi connectivity index (χ0n) is 11.0. The highest BCUT2D eigenvalue weighted by Crippen LogP contribution is 2.27. The Kier molecular flexibility index (Phi) is 5.73. The van der Waals surface area contributed by atoms with Crippen LogP contribution < -0.4 is 5.32 Å². The van der Waals surface area contributed by atoms with Gasteiger partial charge in [0, 0.05) is 19.7 Å². The lowest BCUT2D eigenvalue weighted by Crippen LogP contribution is -2.48. The van der Waals surface area contributed by atoms with E-state index < -0.39 is 5.60 Å². The Morgan fingerprint density at radius 3 is 2.38 bits per heavy atom. The number of hydrogen-bond acceptors (Lipinski definition) is 3. The van der Waals surface area contributed by atoms with Crippen molar-refractivity contribution < 1.29 is 9.84 Å². The molecule has 0 saturated heterocycles. The van der Waals surface area contributed by atoms with Crippen molar-refractivity contribution in [1.29, 1.82) is 0 Å². The monoisotopic (exact) mass is 229 g/mol. The molecule has 0 bridgehead atoms. The van der Waals surface area contributed by atoms with E-state index in [4.69, 9.17) is 4.74 Å². The summed E-state index contributed by atoms with van der Waals surface area (Å²) >= 11 is 0. The second kappa shape index (κ2) is 6.58. The minimum atomic E-state index is -0.473. The highest BCUT2D eigenvalue weighted by Gasteiger charge is 2.29. The summed E-state index contributed by atoms with van der Waals surface area (Å²) in [5.41, 5.74) is -0.473. The maximum absolute atomic E-state index is 10.4. The summed E-state index contributed by atoms with van der Waals surface area (Å²) in [5, 5.41) is 13.8. The number of rotatable bonds is 6. The smallest absolute Gasteiger partial charge is 0.0771 e. The van der Waals surface area contributed by atoms with E-state index in [0.29, 0.717) is 25.1 Å². The number of methoxy groups -OCH3 is 1. The van der Waals surface area contributed by atoms with Crippen molar-refractivity contribution in [3.8, 4) is 0 Å². The Hall–Kier alpha value is -0.120. The lowest BCUT2D eigenvalue weighted by Gasteiger charge is -2.34. The van der Waals surface area contributed by atoms with Crippen molar-refractivity contribution in [3.05, 3.63) is 0 Å². The second-order valence-corrected chi connectivity index (χ2v) is 5.47. The number of hydrogen-bond donors (Lipinski definition) is 2. The zero-order chi connectivity index (χ0) is 12.0. The third-order valence-electron chi connectivity index (χ3n) is 3.63. The first-order valence-corrected chi connectivity index (χ1v) is 6.52. The van der Waals surface area contributed by atoms with Crippen molar-refractivity contribution in [2.75, 3.05) is 20.3 Å². The van der Waals surface area contributed by atoms with Gasteiger partial charge < -0.3 is 15.2 Å². The van der Waals surface area contributed by atoms with Gasteiger partial charge in [-0.05, 0) is 18.8 Å². The van der Waals surface area contributed by atoms with Crippen LogP contribution >= 0.6 is 0 Å². The molecule has 1 unspecified atom stereocenters. The Balaban J connectivity index is 2.35. The van der Waals surface area contributed by atoms with E-state index in [-0.39, 0.29) is 0 Å². The fourth-order valence-electron chi connectivity index (χ4n) is 2.37. The molecule has 1 aliphatic carbocycles. The molecule has 2 N–H and O–H groups in total. The quantitative estimate of drug-likeness (QED) is 0.731. The molecule has 96 valence electrons. The molecule has 0 spiro atoms. The van der Waals surface area contributed by atoms with Gasteiger partial charge in [-0.25, -0.2) is 0 Å². The number of nitrogens with one attached hydrogen (secondary N) is 1. The first kappa shape index (κ1) is 13.9. The Labute approximate surface area is 99.6 Å². The average molecular weight is 229 g/mol. The van der Waals surface area contributed by atoms with Crippen LogP contribution in [0.15, 0.2) is 0 Å². The van der Waals surface area contributed by atoms with E-state index in [1.165, 1.54) is 6.42 Å². The number of aliphatic hydroxyl groups is 1. The van der Waals surface area contributed by atoms with Crippen molar-refractivity contribution in [2.45, 2.75) is 57.6 Å². The summed E-state index contributed by atoms with van der Waals surface area (Å²) in [5.74, 6) is 0.534. The molecule has 0 aliphatic heterocycles. The molecule has 3 heteroatoms. The minimum Gasteiger partial charge on any atom is -0.389 e. The molecule has 0 aromatic heterocycles. The molecule has 0 aromatic rings. The third kappa shape index (κ3) is 4.40. The fraction of sp³-hybridized carbons (Fsp3) is 1.00. The standard InChI is InChI=1S/C13H27NO2/c1-11(2)12(9-16-3)14-10-13(15)7-5-4-6-8-13/h11-12,14-15H,4-10H2,1-3H3. The summed E-state index contributed by atoms with van der Waals surface area (Å²) in [4.78, 5) is 0. The van der Waals surface area contributed by atoms with E-state index in [0.717, 1.165) is 25.7 Å². The maximum Gasteiger partial charge on any atom is 0.0771 e. The Bertz CT molecular complexity index is 188.